The zero-order valence-electron chi connectivity index (χ0n) is 20.2. The molecule has 1 heterocycles. The Morgan fingerprint density at radius 3 is 1.16 bits per heavy atom. The van der Waals surface area contributed by atoms with Gasteiger partial charge in [-0.3, -0.25) is 20.9 Å². The monoisotopic (exact) mass is 550 g/mol. The fourth-order valence-electron chi connectivity index (χ4n) is 2.60. The zero-order chi connectivity index (χ0) is 23.7. The van der Waals surface area contributed by atoms with Gasteiger partial charge in [-0.25, -0.2) is 0 Å². The van der Waals surface area contributed by atoms with Gasteiger partial charge >= 0.3 is 0 Å². The van der Waals surface area contributed by atoms with E-state index in [1.165, 1.54) is 50.0 Å². The van der Waals surface area contributed by atoms with E-state index in [1.54, 1.807) is 0 Å². The lowest BCUT2D eigenvalue weighted by molar-refractivity contribution is 0.233. The van der Waals surface area contributed by atoms with Crippen LogP contribution in [0.25, 0.3) is 0 Å². The van der Waals surface area contributed by atoms with Crippen molar-refractivity contribution in [3.63, 3.8) is 0 Å². The smallest absolute Gasteiger partial charge is 0.0566 e. The van der Waals surface area contributed by atoms with Crippen LogP contribution < -0.4 is 16.0 Å². The fourth-order valence-corrected chi connectivity index (χ4v) is 5.49. The second-order valence-corrected chi connectivity index (χ2v) is 11.5. The first-order chi connectivity index (χ1) is 14.9. The van der Waals surface area contributed by atoms with Crippen molar-refractivity contribution in [2.45, 2.75) is 77.8 Å². The molecular weight excluding hydrogens is 501 g/mol. The maximum atomic E-state index is 4.21. The third kappa shape index (κ3) is 29.9. The van der Waals surface area contributed by atoms with E-state index in [9.17, 15) is 0 Å². The van der Waals surface area contributed by atoms with Crippen LogP contribution in [0.4, 0.5) is 0 Å². The average Bonchev–Trinajstić information content (AvgIpc) is 2.72. The van der Waals surface area contributed by atoms with Crippen LogP contribution in [0.1, 0.15) is 59.3 Å². The molecule has 0 aromatic carbocycles. The van der Waals surface area contributed by atoms with E-state index in [-0.39, 0.29) is 0 Å². The molecule has 0 atom stereocenters. The molecular formula is C21H50N4S6. The van der Waals surface area contributed by atoms with E-state index in [0.29, 0.717) is 18.5 Å². The summed E-state index contributed by atoms with van der Waals surface area (Å²) in [4.78, 5) is 2.40. The lowest BCUT2D eigenvalue weighted by atomic mass is 10.3. The molecule has 10 heteroatoms. The Balaban J connectivity index is 0. The van der Waals surface area contributed by atoms with Gasteiger partial charge < -0.3 is 0 Å². The van der Waals surface area contributed by atoms with Crippen molar-refractivity contribution < 1.29 is 0 Å². The number of hydrogen-bond acceptors (Lipinski definition) is 10. The van der Waals surface area contributed by atoms with Gasteiger partial charge in [-0.15, -0.1) is 23.5 Å². The highest BCUT2D eigenvalue weighted by Gasteiger charge is 2.16. The van der Waals surface area contributed by atoms with E-state index in [1.807, 2.05) is 23.5 Å². The number of rotatable bonds is 15. The zero-order valence-corrected chi connectivity index (χ0v) is 25.4. The first-order valence-corrected chi connectivity index (χ1v) is 16.3. The van der Waals surface area contributed by atoms with Crippen LogP contribution in [0.3, 0.4) is 0 Å². The molecule has 0 aromatic heterocycles. The molecule has 3 N–H and O–H groups in total. The van der Waals surface area contributed by atoms with E-state index in [0.717, 1.165) is 34.8 Å². The quantitative estimate of drug-likeness (QED) is 0.0869. The minimum Gasteiger partial charge on any atom is -0.288 e. The number of nitrogens with zero attached hydrogens (tertiary/aromatic N) is 1. The van der Waals surface area contributed by atoms with Gasteiger partial charge in [0.1, 0.15) is 0 Å². The third-order valence-corrected chi connectivity index (χ3v) is 7.75. The molecule has 0 spiro atoms. The lowest BCUT2D eigenvalue weighted by Gasteiger charge is -2.33. The highest BCUT2D eigenvalue weighted by molar-refractivity contribution is 8.00. The Morgan fingerprint density at radius 2 is 0.871 bits per heavy atom. The molecule has 0 aromatic rings. The SMILES string of the molecule is CC1NC(C)NC(C)N1.CN(CSCCCCS)CSCCCCS.SCCCCS. The van der Waals surface area contributed by atoms with Gasteiger partial charge in [0.2, 0.25) is 0 Å². The Labute approximate surface area is 224 Å². The van der Waals surface area contributed by atoms with E-state index < -0.39 is 0 Å². The van der Waals surface area contributed by atoms with Crippen LogP contribution >= 0.6 is 74.0 Å². The molecule has 0 radical (unpaired) electrons. The summed E-state index contributed by atoms with van der Waals surface area (Å²) < 4.78 is 0. The molecule has 4 nitrogen and oxygen atoms in total. The first-order valence-electron chi connectivity index (χ1n) is 11.5. The fraction of sp³-hybridized carbons (Fsp3) is 1.00. The molecule has 0 saturated carbocycles. The summed E-state index contributed by atoms with van der Waals surface area (Å²) in [5, 5.41) is 9.86. The van der Waals surface area contributed by atoms with Crippen molar-refractivity contribution in [3.8, 4) is 0 Å². The molecule has 31 heavy (non-hydrogen) atoms. The van der Waals surface area contributed by atoms with Crippen molar-refractivity contribution in [3.05, 3.63) is 0 Å². The van der Waals surface area contributed by atoms with Crippen molar-refractivity contribution in [1.29, 1.82) is 0 Å². The molecule has 0 amide bonds. The highest BCUT2D eigenvalue weighted by atomic mass is 32.2. The van der Waals surface area contributed by atoms with Gasteiger partial charge in [0, 0.05) is 11.8 Å². The average molecular weight is 551 g/mol. The Hall–Kier alpha value is 1.94. The molecule has 1 aliphatic heterocycles. The Kier molecular flexibility index (Phi) is 31.9. The van der Waals surface area contributed by atoms with Crippen molar-refractivity contribution in [2.75, 3.05) is 53.3 Å². The molecule has 1 fully saturated rings. The second kappa shape index (κ2) is 28.2. The van der Waals surface area contributed by atoms with Gasteiger partial charge in [-0.1, -0.05) is 0 Å². The van der Waals surface area contributed by atoms with Crippen LogP contribution in [0.15, 0.2) is 0 Å². The van der Waals surface area contributed by atoms with Gasteiger partial charge in [0.25, 0.3) is 0 Å². The highest BCUT2D eigenvalue weighted by Crippen LogP contribution is 2.11. The molecule has 0 bridgehead atoms. The summed E-state index contributed by atoms with van der Waals surface area (Å²) in [6.45, 7) is 6.36. The Bertz CT molecular complexity index is 302. The number of thiol groups is 4. The molecule has 1 aliphatic rings. The molecule has 0 aliphatic carbocycles. The van der Waals surface area contributed by atoms with Crippen LogP contribution in [0, 0.1) is 0 Å². The summed E-state index contributed by atoms with van der Waals surface area (Å²) in [6.07, 6.45) is 8.79. The van der Waals surface area contributed by atoms with Crippen LogP contribution in [-0.4, -0.2) is 76.7 Å². The van der Waals surface area contributed by atoms with Gasteiger partial charge in [-0.2, -0.15) is 50.5 Å². The van der Waals surface area contributed by atoms with Gasteiger partial charge in [-0.05, 0) is 101 Å². The first kappa shape index (κ1) is 35.1. The number of thioether (sulfide) groups is 2. The lowest BCUT2D eigenvalue weighted by Crippen LogP contribution is -2.64. The molecule has 190 valence electrons. The minimum absolute atomic E-state index is 0.427. The van der Waals surface area contributed by atoms with Gasteiger partial charge in [0.05, 0.1) is 18.5 Å². The predicted octanol–water partition coefficient (Wildman–Crippen LogP) is 5.15. The van der Waals surface area contributed by atoms with Gasteiger partial charge in [0.15, 0.2) is 0 Å². The van der Waals surface area contributed by atoms with Crippen molar-refractivity contribution in [1.82, 2.24) is 20.9 Å². The molecule has 1 rings (SSSR count). The maximum absolute atomic E-state index is 4.21. The maximum Gasteiger partial charge on any atom is 0.0566 e. The van der Waals surface area contributed by atoms with Crippen molar-refractivity contribution >= 4 is 74.0 Å². The van der Waals surface area contributed by atoms with Crippen molar-refractivity contribution in [2.24, 2.45) is 0 Å². The van der Waals surface area contributed by atoms with Crippen LogP contribution in [0.2, 0.25) is 0 Å². The number of hydrogen-bond donors (Lipinski definition) is 7. The minimum atomic E-state index is 0.427. The van der Waals surface area contributed by atoms with Crippen LogP contribution in [-0.2, 0) is 0 Å². The summed E-state index contributed by atoms with van der Waals surface area (Å²) >= 11 is 20.5. The largest absolute Gasteiger partial charge is 0.288 e. The number of nitrogens with one attached hydrogen (secondary N) is 3. The summed E-state index contributed by atoms with van der Waals surface area (Å²) in [6, 6.07) is 0. The molecule has 0 unspecified atom stereocenters. The van der Waals surface area contributed by atoms with E-state index in [2.05, 4.69) is 99.2 Å². The van der Waals surface area contributed by atoms with Crippen LogP contribution in [0.5, 0.6) is 0 Å². The summed E-state index contributed by atoms with van der Waals surface area (Å²) in [5.74, 6) is 8.92. The second-order valence-electron chi connectivity index (χ2n) is 7.61. The van der Waals surface area contributed by atoms with E-state index in [4.69, 9.17) is 0 Å². The Morgan fingerprint density at radius 1 is 0.581 bits per heavy atom. The standard InChI is InChI=1S/C11H25NS4.C6H15N3.C4H10S2/c1-12(10-15-8-4-2-6-13)11-16-9-5-3-7-14;1-4-7-5(2)9-6(3)8-4;5-3-1-2-4-6/h13-14H,2-11H2,1H3;4-9H,1-3H3;5-6H,1-4H2. The summed E-state index contributed by atoms with van der Waals surface area (Å²) in [7, 11) is 2.21. The van der Waals surface area contributed by atoms with E-state index >= 15 is 0 Å². The topological polar surface area (TPSA) is 39.3 Å². The molecule has 1 saturated heterocycles. The summed E-state index contributed by atoms with van der Waals surface area (Å²) in [5.41, 5.74) is 0. The third-order valence-electron chi connectivity index (χ3n) is 4.08. The normalized spacial score (nSPS) is 20.6. The predicted molar refractivity (Wildman–Crippen MR) is 163 cm³/mol. The number of unbranched alkanes of at least 4 members (excludes halogenated alkanes) is 3.